The summed E-state index contributed by atoms with van der Waals surface area (Å²) in [6.45, 7) is 0. The Hall–Kier alpha value is -2.05. The number of anilines is 2. The number of hydrogen-bond acceptors (Lipinski definition) is 6. The van der Waals surface area contributed by atoms with Crippen LogP contribution in [0, 0.1) is 0 Å². The van der Waals surface area contributed by atoms with E-state index in [2.05, 4.69) is 20.4 Å². The van der Waals surface area contributed by atoms with E-state index < -0.39 is 0 Å². The van der Waals surface area contributed by atoms with Gasteiger partial charge in [-0.1, -0.05) is 0 Å². The predicted octanol–water partition coefficient (Wildman–Crippen LogP) is -0.836. The number of rotatable bonds is 1. The zero-order chi connectivity index (χ0) is 9.42. The maximum absolute atomic E-state index is 5.59. The van der Waals surface area contributed by atoms with Crippen LogP contribution in [0.4, 0.5) is 11.8 Å². The molecule has 2 aromatic heterocycles. The molecular formula is C6H9N7. The number of imidazole rings is 1. The zero-order valence-electron chi connectivity index (χ0n) is 7.02. The van der Waals surface area contributed by atoms with E-state index >= 15 is 0 Å². The first-order chi connectivity index (χ1) is 6.22. The van der Waals surface area contributed by atoms with Gasteiger partial charge in [-0.05, 0) is 0 Å². The average molecular weight is 179 g/mol. The van der Waals surface area contributed by atoms with Gasteiger partial charge in [-0.25, -0.2) is 9.66 Å². The normalized spacial score (nSPS) is 10.5. The van der Waals surface area contributed by atoms with Crippen LogP contribution in [0.3, 0.4) is 0 Å². The summed E-state index contributed by atoms with van der Waals surface area (Å²) < 4.78 is 1.61. The van der Waals surface area contributed by atoms with Crippen molar-refractivity contribution in [3.63, 3.8) is 0 Å². The summed E-state index contributed by atoms with van der Waals surface area (Å²) in [5.41, 5.74) is 15.0. The second kappa shape index (κ2) is 2.47. The van der Waals surface area contributed by atoms with E-state index in [9.17, 15) is 0 Å². The molecule has 7 nitrogen and oxygen atoms in total. The van der Waals surface area contributed by atoms with Crippen molar-refractivity contribution in [3.05, 3.63) is 6.33 Å². The molecule has 0 aliphatic rings. The van der Waals surface area contributed by atoms with Crippen LogP contribution >= 0.6 is 0 Å². The molecular weight excluding hydrogens is 170 g/mol. The van der Waals surface area contributed by atoms with E-state index in [0.29, 0.717) is 11.2 Å². The lowest BCUT2D eigenvalue weighted by Crippen LogP contribution is -2.09. The Morgan fingerprint density at radius 3 is 2.85 bits per heavy atom. The quantitative estimate of drug-likeness (QED) is 0.527. The SMILES string of the molecule is CNn1cnc2c(N)nc(N)nc21. The first kappa shape index (κ1) is 7.59. The number of aromatic nitrogens is 4. The van der Waals surface area contributed by atoms with Crippen molar-refractivity contribution in [1.82, 2.24) is 19.6 Å². The molecule has 2 heterocycles. The first-order valence-corrected chi connectivity index (χ1v) is 3.66. The molecule has 0 aliphatic heterocycles. The third kappa shape index (κ3) is 1.01. The van der Waals surface area contributed by atoms with Crippen LogP contribution in [-0.4, -0.2) is 26.7 Å². The van der Waals surface area contributed by atoms with E-state index in [4.69, 9.17) is 11.5 Å². The van der Waals surface area contributed by atoms with E-state index in [0.717, 1.165) is 0 Å². The van der Waals surface area contributed by atoms with Gasteiger partial charge >= 0.3 is 0 Å². The summed E-state index contributed by atoms with van der Waals surface area (Å²) in [4.78, 5) is 11.8. The number of fused-ring (bicyclic) bond motifs is 1. The molecule has 5 N–H and O–H groups in total. The Kier molecular flexibility index (Phi) is 1.44. The van der Waals surface area contributed by atoms with Crippen molar-refractivity contribution in [2.24, 2.45) is 0 Å². The summed E-state index contributed by atoms with van der Waals surface area (Å²) in [6, 6.07) is 0. The lowest BCUT2D eigenvalue weighted by atomic mass is 10.5. The highest BCUT2D eigenvalue weighted by atomic mass is 15.4. The molecule has 0 aromatic carbocycles. The van der Waals surface area contributed by atoms with E-state index in [1.165, 1.54) is 0 Å². The fraction of sp³-hybridized carbons (Fsp3) is 0.167. The van der Waals surface area contributed by atoms with Gasteiger partial charge in [-0.3, -0.25) is 0 Å². The summed E-state index contributed by atoms with van der Waals surface area (Å²) in [6.07, 6.45) is 1.56. The van der Waals surface area contributed by atoms with Crippen LogP contribution in [0.25, 0.3) is 11.2 Å². The third-order valence-corrected chi connectivity index (χ3v) is 1.68. The average Bonchev–Trinajstić information content (AvgIpc) is 2.47. The Morgan fingerprint density at radius 2 is 2.15 bits per heavy atom. The fourth-order valence-electron chi connectivity index (χ4n) is 1.10. The van der Waals surface area contributed by atoms with Gasteiger partial charge in [0.15, 0.2) is 17.0 Å². The highest BCUT2D eigenvalue weighted by Gasteiger charge is 2.08. The topological polar surface area (TPSA) is 108 Å². The smallest absolute Gasteiger partial charge is 0.224 e. The van der Waals surface area contributed by atoms with Crippen LogP contribution in [-0.2, 0) is 0 Å². The van der Waals surface area contributed by atoms with Crippen molar-refractivity contribution in [2.45, 2.75) is 0 Å². The van der Waals surface area contributed by atoms with Crippen LogP contribution in [0.5, 0.6) is 0 Å². The van der Waals surface area contributed by atoms with Crippen molar-refractivity contribution >= 4 is 22.9 Å². The van der Waals surface area contributed by atoms with Crippen molar-refractivity contribution in [3.8, 4) is 0 Å². The van der Waals surface area contributed by atoms with Gasteiger partial charge in [0.05, 0.1) is 0 Å². The minimum atomic E-state index is 0.141. The molecule has 2 aromatic rings. The van der Waals surface area contributed by atoms with E-state index in [-0.39, 0.29) is 11.8 Å². The standard InChI is InChI=1S/C6H9N7/c1-9-13-2-10-3-4(7)11-6(8)12-5(3)13/h2,9H,1H3,(H4,7,8,11,12). The summed E-state index contributed by atoms with van der Waals surface area (Å²) in [5, 5.41) is 0. The van der Waals surface area contributed by atoms with Crippen molar-refractivity contribution in [1.29, 1.82) is 0 Å². The van der Waals surface area contributed by atoms with Crippen molar-refractivity contribution in [2.75, 3.05) is 23.9 Å². The summed E-state index contributed by atoms with van der Waals surface area (Å²) in [7, 11) is 1.75. The van der Waals surface area contributed by atoms with Gasteiger partial charge < -0.3 is 16.9 Å². The predicted molar refractivity (Wildman–Crippen MR) is 49.4 cm³/mol. The molecule has 0 atom stereocenters. The molecule has 13 heavy (non-hydrogen) atoms. The molecule has 0 fully saturated rings. The second-order valence-corrected chi connectivity index (χ2v) is 2.48. The van der Waals surface area contributed by atoms with Crippen LogP contribution in [0.2, 0.25) is 0 Å². The number of nitrogens with zero attached hydrogens (tertiary/aromatic N) is 4. The van der Waals surface area contributed by atoms with Gasteiger partial charge in [-0.15, -0.1) is 0 Å². The molecule has 68 valence electrons. The first-order valence-electron chi connectivity index (χ1n) is 3.66. The van der Waals surface area contributed by atoms with Crippen LogP contribution < -0.4 is 16.9 Å². The van der Waals surface area contributed by atoms with Gasteiger partial charge in [0, 0.05) is 7.05 Å². The number of nitrogens with two attached hydrogens (primary N) is 2. The Balaban J connectivity index is 2.82. The van der Waals surface area contributed by atoms with E-state index in [1.54, 1.807) is 18.1 Å². The third-order valence-electron chi connectivity index (χ3n) is 1.68. The van der Waals surface area contributed by atoms with Gasteiger partial charge in [0.25, 0.3) is 0 Å². The Bertz CT molecular complexity index is 445. The van der Waals surface area contributed by atoms with Crippen LogP contribution in [0.15, 0.2) is 6.33 Å². The number of nitrogen functional groups attached to an aromatic ring is 2. The molecule has 0 amide bonds. The molecule has 2 rings (SSSR count). The zero-order valence-corrected chi connectivity index (χ0v) is 7.02. The second-order valence-electron chi connectivity index (χ2n) is 2.48. The fourth-order valence-corrected chi connectivity index (χ4v) is 1.10. The van der Waals surface area contributed by atoms with Gasteiger partial charge in [-0.2, -0.15) is 9.97 Å². The molecule has 0 spiro atoms. The maximum atomic E-state index is 5.59. The van der Waals surface area contributed by atoms with Crippen LogP contribution in [0.1, 0.15) is 0 Å². The highest BCUT2D eigenvalue weighted by molar-refractivity contribution is 5.82. The molecule has 0 radical (unpaired) electrons. The molecule has 0 saturated carbocycles. The Morgan fingerprint density at radius 1 is 1.38 bits per heavy atom. The minimum absolute atomic E-state index is 0.141. The largest absolute Gasteiger partial charge is 0.382 e. The maximum Gasteiger partial charge on any atom is 0.224 e. The Labute approximate surface area is 73.8 Å². The molecule has 0 unspecified atom stereocenters. The minimum Gasteiger partial charge on any atom is -0.382 e. The summed E-state index contributed by atoms with van der Waals surface area (Å²) >= 11 is 0. The molecule has 7 heteroatoms. The van der Waals surface area contributed by atoms with Gasteiger partial charge in [0.1, 0.15) is 6.33 Å². The molecule has 0 bridgehead atoms. The number of hydrogen-bond donors (Lipinski definition) is 3. The molecule has 0 saturated heterocycles. The monoisotopic (exact) mass is 179 g/mol. The van der Waals surface area contributed by atoms with Crippen molar-refractivity contribution < 1.29 is 0 Å². The lowest BCUT2D eigenvalue weighted by molar-refractivity contribution is 0.939. The lowest BCUT2D eigenvalue weighted by Gasteiger charge is -2.01. The van der Waals surface area contributed by atoms with E-state index in [1.807, 2.05) is 0 Å². The summed E-state index contributed by atoms with van der Waals surface area (Å²) in [5.74, 6) is 0.429. The molecule has 0 aliphatic carbocycles. The highest BCUT2D eigenvalue weighted by Crippen LogP contribution is 2.15. The number of nitrogens with one attached hydrogen (secondary N) is 1. The van der Waals surface area contributed by atoms with Gasteiger partial charge in [0.2, 0.25) is 5.95 Å².